The summed E-state index contributed by atoms with van der Waals surface area (Å²) in [5.41, 5.74) is 2.06. The molecule has 0 atom stereocenters. The van der Waals surface area contributed by atoms with E-state index in [1.165, 1.54) is 6.26 Å². The second kappa shape index (κ2) is 8.26. The van der Waals surface area contributed by atoms with Gasteiger partial charge in [0.15, 0.2) is 12.4 Å². The first-order valence-corrected chi connectivity index (χ1v) is 8.90. The Morgan fingerprint density at radius 1 is 0.931 bits per heavy atom. The molecule has 2 heterocycles. The van der Waals surface area contributed by atoms with Crippen molar-refractivity contribution >= 4 is 34.1 Å². The number of pyridine rings is 1. The fourth-order valence-electron chi connectivity index (χ4n) is 2.76. The van der Waals surface area contributed by atoms with Gasteiger partial charge >= 0.3 is 0 Å². The van der Waals surface area contributed by atoms with E-state index in [4.69, 9.17) is 9.15 Å². The zero-order valence-corrected chi connectivity index (χ0v) is 15.3. The number of nitrogens with zero attached hydrogens (tertiary/aromatic N) is 1. The lowest BCUT2D eigenvalue weighted by Gasteiger charge is -2.10. The lowest BCUT2D eigenvalue weighted by Crippen LogP contribution is -2.20. The molecular formula is C22H17N3O4. The summed E-state index contributed by atoms with van der Waals surface area (Å²) in [6.45, 7) is -0.166. The van der Waals surface area contributed by atoms with Crippen LogP contribution in [0.25, 0.3) is 10.9 Å². The van der Waals surface area contributed by atoms with Crippen molar-refractivity contribution in [3.8, 4) is 5.75 Å². The molecule has 4 rings (SSSR count). The van der Waals surface area contributed by atoms with E-state index in [0.717, 1.165) is 10.9 Å². The van der Waals surface area contributed by atoms with E-state index in [2.05, 4.69) is 15.6 Å². The van der Waals surface area contributed by atoms with E-state index in [9.17, 15) is 9.59 Å². The van der Waals surface area contributed by atoms with Crippen molar-refractivity contribution in [2.75, 3.05) is 17.2 Å². The van der Waals surface area contributed by atoms with Gasteiger partial charge in [-0.25, -0.2) is 0 Å². The lowest BCUT2D eigenvalue weighted by atomic mass is 10.2. The number of ether oxygens (including phenoxy) is 1. The predicted octanol–water partition coefficient (Wildman–Crippen LogP) is 4.10. The summed E-state index contributed by atoms with van der Waals surface area (Å²) in [7, 11) is 0. The first-order chi connectivity index (χ1) is 14.2. The smallest absolute Gasteiger partial charge is 0.291 e. The maximum atomic E-state index is 12.2. The highest BCUT2D eigenvalue weighted by molar-refractivity contribution is 6.02. The third-order valence-electron chi connectivity index (χ3n) is 4.09. The minimum Gasteiger partial charge on any atom is -0.484 e. The summed E-state index contributed by atoms with van der Waals surface area (Å²) in [5, 5.41) is 6.44. The Kier molecular flexibility index (Phi) is 5.20. The van der Waals surface area contributed by atoms with Crippen LogP contribution in [0.5, 0.6) is 5.75 Å². The molecule has 7 heteroatoms. The van der Waals surface area contributed by atoms with Crippen molar-refractivity contribution in [3.05, 3.63) is 85.0 Å². The summed E-state index contributed by atoms with van der Waals surface area (Å²) >= 11 is 0. The molecule has 0 aliphatic carbocycles. The molecule has 2 amide bonds. The number of anilines is 2. The van der Waals surface area contributed by atoms with E-state index in [0.29, 0.717) is 17.1 Å². The van der Waals surface area contributed by atoms with Gasteiger partial charge < -0.3 is 19.8 Å². The number of carbonyl (C=O) groups is 2. The molecule has 0 aliphatic heterocycles. The monoisotopic (exact) mass is 387 g/mol. The van der Waals surface area contributed by atoms with Gasteiger partial charge in [0.05, 0.1) is 11.8 Å². The Morgan fingerprint density at radius 2 is 1.83 bits per heavy atom. The quantitative estimate of drug-likeness (QED) is 0.520. The third kappa shape index (κ3) is 4.59. The van der Waals surface area contributed by atoms with Crippen LogP contribution in [0, 0.1) is 0 Å². The number of amides is 2. The number of hydrogen-bond acceptors (Lipinski definition) is 5. The van der Waals surface area contributed by atoms with Crippen molar-refractivity contribution in [2.24, 2.45) is 0 Å². The molecule has 144 valence electrons. The van der Waals surface area contributed by atoms with Crippen LogP contribution in [0.1, 0.15) is 10.6 Å². The normalized spacial score (nSPS) is 10.5. The largest absolute Gasteiger partial charge is 0.484 e. The lowest BCUT2D eigenvalue weighted by molar-refractivity contribution is -0.118. The summed E-state index contributed by atoms with van der Waals surface area (Å²) in [6, 6.07) is 19.2. The van der Waals surface area contributed by atoms with Gasteiger partial charge in [0.25, 0.3) is 11.8 Å². The highest BCUT2D eigenvalue weighted by atomic mass is 16.5. The van der Waals surface area contributed by atoms with Gasteiger partial charge in [-0.1, -0.05) is 12.1 Å². The highest BCUT2D eigenvalue weighted by Gasteiger charge is 2.10. The van der Waals surface area contributed by atoms with Crippen molar-refractivity contribution < 1.29 is 18.7 Å². The van der Waals surface area contributed by atoms with Gasteiger partial charge in [-0.3, -0.25) is 14.6 Å². The second-order valence-corrected chi connectivity index (χ2v) is 6.21. The van der Waals surface area contributed by atoms with E-state index in [1.807, 2.05) is 24.3 Å². The molecular weight excluding hydrogens is 370 g/mol. The van der Waals surface area contributed by atoms with Crippen LogP contribution in [0.2, 0.25) is 0 Å². The number of aromatic nitrogens is 1. The average Bonchev–Trinajstić information content (AvgIpc) is 3.28. The van der Waals surface area contributed by atoms with Crippen molar-refractivity contribution in [3.63, 3.8) is 0 Å². The van der Waals surface area contributed by atoms with Crippen LogP contribution in [0.15, 0.2) is 83.6 Å². The van der Waals surface area contributed by atoms with Crippen LogP contribution < -0.4 is 15.4 Å². The SMILES string of the molecule is O=C(COc1cccc(NC(=O)c2ccco2)c1)Nc1ccc2ncccc2c1. The zero-order chi connectivity index (χ0) is 20.1. The summed E-state index contributed by atoms with van der Waals surface area (Å²) < 4.78 is 10.6. The van der Waals surface area contributed by atoms with Crippen molar-refractivity contribution in [1.29, 1.82) is 0 Å². The Bertz CT molecular complexity index is 1160. The van der Waals surface area contributed by atoms with Crippen LogP contribution >= 0.6 is 0 Å². The van der Waals surface area contributed by atoms with Gasteiger partial charge in [-0.15, -0.1) is 0 Å². The molecule has 0 saturated heterocycles. The van der Waals surface area contributed by atoms with Crippen molar-refractivity contribution in [2.45, 2.75) is 0 Å². The number of nitrogens with one attached hydrogen (secondary N) is 2. The maximum absolute atomic E-state index is 12.2. The van der Waals surface area contributed by atoms with E-state index in [-0.39, 0.29) is 24.2 Å². The molecule has 29 heavy (non-hydrogen) atoms. The molecule has 0 radical (unpaired) electrons. The van der Waals surface area contributed by atoms with E-state index in [1.54, 1.807) is 48.7 Å². The standard InChI is InChI=1S/C22H17N3O4/c26-21(24-17-8-9-19-15(12-17)4-2-10-23-19)14-29-18-6-1-5-16(13-18)25-22(27)20-7-3-11-28-20/h1-13H,14H2,(H,24,26)(H,25,27). The molecule has 0 unspecified atom stereocenters. The molecule has 0 aliphatic rings. The van der Waals surface area contributed by atoms with Crippen molar-refractivity contribution in [1.82, 2.24) is 4.98 Å². The van der Waals surface area contributed by atoms with E-state index < -0.39 is 0 Å². The highest BCUT2D eigenvalue weighted by Crippen LogP contribution is 2.19. The third-order valence-corrected chi connectivity index (χ3v) is 4.09. The predicted molar refractivity (Wildman–Crippen MR) is 109 cm³/mol. The first-order valence-electron chi connectivity index (χ1n) is 8.90. The van der Waals surface area contributed by atoms with Gasteiger partial charge in [0, 0.05) is 29.0 Å². The van der Waals surface area contributed by atoms with E-state index >= 15 is 0 Å². The topological polar surface area (TPSA) is 93.5 Å². The fourth-order valence-corrected chi connectivity index (χ4v) is 2.76. The average molecular weight is 387 g/mol. The Hall–Kier alpha value is -4.13. The summed E-state index contributed by atoms with van der Waals surface area (Å²) in [6.07, 6.45) is 3.15. The molecule has 0 saturated carbocycles. The Morgan fingerprint density at radius 3 is 2.69 bits per heavy atom. The van der Waals surface area contributed by atoms with Crippen LogP contribution in [0.4, 0.5) is 11.4 Å². The molecule has 4 aromatic rings. The molecule has 2 aromatic heterocycles. The minimum absolute atomic E-state index is 0.166. The number of furan rings is 1. The minimum atomic E-state index is -0.365. The first kappa shape index (κ1) is 18.2. The molecule has 7 nitrogen and oxygen atoms in total. The van der Waals surface area contributed by atoms with Gasteiger partial charge in [0.2, 0.25) is 0 Å². The van der Waals surface area contributed by atoms with Crippen LogP contribution in [-0.2, 0) is 4.79 Å². The van der Waals surface area contributed by atoms with Crippen LogP contribution in [-0.4, -0.2) is 23.4 Å². The Balaban J connectivity index is 1.34. The molecule has 2 aromatic carbocycles. The Labute approximate surface area is 166 Å². The van der Waals surface area contributed by atoms with Gasteiger partial charge in [0.1, 0.15) is 5.75 Å². The fraction of sp³-hybridized carbons (Fsp3) is 0.0455. The number of benzene rings is 2. The zero-order valence-electron chi connectivity index (χ0n) is 15.3. The second-order valence-electron chi connectivity index (χ2n) is 6.21. The number of fused-ring (bicyclic) bond motifs is 1. The molecule has 2 N–H and O–H groups in total. The van der Waals surface area contributed by atoms with Crippen LogP contribution in [0.3, 0.4) is 0 Å². The van der Waals surface area contributed by atoms with Gasteiger partial charge in [-0.05, 0) is 48.5 Å². The summed E-state index contributed by atoms with van der Waals surface area (Å²) in [5.74, 6) is 0.00958. The number of carbonyl (C=O) groups excluding carboxylic acids is 2. The molecule has 0 bridgehead atoms. The molecule has 0 spiro atoms. The maximum Gasteiger partial charge on any atom is 0.291 e. The number of hydrogen-bond donors (Lipinski definition) is 2. The summed E-state index contributed by atoms with van der Waals surface area (Å²) in [4.78, 5) is 28.5. The van der Waals surface area contributed by atoms with Gasteiger partial charge in [-0.2, -0.15) is 0 Å². The molecule has 0 fully saturated rings. The number of rotatable bonds is 6.